The molecule has 0 N–H and O–H groups in total. The third-order valence-electron chi connectivity index (χ3n) is 3.88. The largest absolute Gasteiger partial charge is 0.261 e. The van der Waals surface area contributed by atoms with Crippen LogP contribution < -0.4 is 0 Å². The lowest BCUT2D eigenvalue weighted by Crippen LogP contribution is -1.99. The van der Waals surface area contributed by atoms with Crippen LogP contribution in [-0.4, -0.2) is 22.2 Å². The molecule has 2 aromatic heterocycles. The van der Waals surface area contributed by atoms with Crippen molar-refractivity contribution in [1.29, 1.82) is 0 Å². The highest BCUT2D eigenvalue weighted by Gasteiger charge is 2.09. The summed E-state index contributed by atoms with van der Waals surface area (Å²) in [7, 11) is 0. The Labute approximate surface area is 147 Å². The lowest BCUT2D eigenvalue weighted by molar-refractivity contribution is 0.956. The number of pyridine rings is 1. The van der Waals surface area contributed by atoms with Crippen LogP contribution in [0.4, 0.5) is 0 Å². The van der Waals surface area contributed by atoms with E-state index in [0.717, 1.165) is 27.6 Å². The normalized spacial score (nSPS) is 13.0. The molecule has 0 amide bonds. The van der Waals surface area contributed by atoms with Crippen molar-refractivity contribution in [2.45, 2.75) is 13.5 Å². The zero-order chi connectivity index (χ0) is 17.6. The van der Waals surface area contributed by atoms with Crippen molar-refractivity contribution in [3.05, 3.63) is 84.6 Å². The van der Waals surface area contributed by atoms with Gasteiger partial charge in [0.15, 0.2) is 5.84 Å². The highest BCUT2D eigenvalue weighted by Crippen LogP contribution is 2.23. The monoisotopic (exact) mass is 328 g/mol. The lowest BCUT2D eigenvalue weighted by atomic mass is 10.1. The van der Waals surface area contributed by atoms with Crippen molar-refractivity contribution < 1.29 is 0 Å². The quantitative estimate of drug-likeness (QED) is 0.378. The molecule has 3 aromatic rings. The molecule has 4 heteroatoms. The molecule has 3 rings (SSSR count). The van der Waals surface area contributed by atoms with Gasteiger partial charge in [-0.05, 0) is 25.8 Å². The first-order valence-corrected chi connectivity index (χ1v) is 8.10. The van der Waals surface area contributed by atoms with Gasteiger partial charge in [0.2, 0.25) is 0 Å². The summed E-state index contributed by atoms with van der Waals surface area (Å²) >= 11 is 0. The number of benzene rings is 1. The number of nitrogens with zero attached hydrogens (tertiary/aromatic N) is 4. The van der Waals surface area contributed by atoms with E-state index in [1.165, 1.54) is 0 Å². The molecule has 124 valence electrons. The van der Waals surface area contributed by atoms with E-state index in [1.54, 1.807) is 6.08 Å². The van der Waals surface area contributed by atoms with Gasteiger partial charge < -0.3 is 0 Å². The van der Waals surface area contributed by atoms with Crippen LogP contribution in [0.1, 0.15) is 12.5 Å². The molecule has 0 fully saturated rings. The fourth-order valence-electron chi connectivity index (χ4n) is 2.83. The van der Waals surface area contributed by atoms with Gasteiger partial charge in [0, 0.05) is 22.7 Å². The van der Waals surface area contributed by atoms with Crippen molar-refractivity contribution in [2.75, 3.05) is 0 Å². The Morgan fingerprint density at radius 1 is 1.24 bits per heavy atom. The second kappa shape index (κ2) is 7.53. The molecule has 4 nitrogen and oxygen atoms in total. The van der Waals surface area contributed by atoms with Crippen LogP contribution in [0.15, 0.2) is 89.0 Å². The van der Waals surface area contributed by atoms with Crippen LogP contribution in [0.25, 0.3) is 16.4 Å². The molecule has 0 aliphatic carbocycles. The maximum absolute atomic E-state index is 4.67. The summed E-state index contributed by atoms with van der Waals surface area (Å²) in [5.41, 5.74) is 4.03. The minimum atomic E-state index is 0.500. The molecule has 2 heterocycles. The minimum absolute atomic E-state index is 0.500. The Bertz CT molecular complexity index is 1020. The molecule has 0 bridgehead atoms. The Hall–Kier alpha value is -3.27. The van der Waals surface area contributed by atoms with Crippen LogP contribution in [0.5, 0.6) is 0 Å². The van der Waals surface area contributed by atoms with E-state index in [-0.39, 0.29) is 0 Å². The van der Waals surface area contributed by atoms with Crippen molar-refractivity contribution >= 4 is 29.0 Å². The molecule has 0 radical (unpaired) electrons. The molecule has 0 atom stereocenters. The van der Waals surface area contributed by atoms with Gasteiger partial charge in [-0.2, -0.15) is 5.10 Å². The first-order valence-electron chi connectivity index (χ1n) is 8.10. The average molecular weight is 328 g/mol. The first-order chi connectivity index (χ1) is 12.3. The van der Waals surface area contributed by atoms with E-state index in [1.807, 2.05) is 60.1 Å². The lowest BCUT2D eigenvalue weighted by Gasteiger charge is -2.04. The van der Waals surface area contributed by atoms with Gasteiger partial charge in [0.1, 0.15) is 0 Å². The fraction of sp³-hybridized carbons (Fsp3) is 0.0952. The molecular weight excluding hydrogens is 308 g/mol. The summed E-state index contributed by atoms with van der Waals surface area (Å²) in [6.45, 7) is 9.86. The van der Waals surface area contributed by atoms with Crippen LogP contribution in [0.2, 0.25) is 0 Å². The summed E-state index contributed by atoms with van der Waals surface area (Å²) < 4.78 is 1.91. The number of aliphatic imine (C=N–C) groups is 2. The van der Waals surface area contributed by atoms with Crippen LogP contribution in [0.3, 0.4) is 0 Å². The first kappa shape index (κ1) is 16.6. The summed E-state index contributed by atoms with van der Waals surface area (Å²) in [5, 5.41) is 5.74. The zero-order valence-corrected chi connectivity index (χ0v) is 14.3. The Balaban J connectivity index is 2.06. The third kappa shape index (κ3) is 3.33. The molecule has 1 aromatic carbocycles. The maximum atomic E-state index is 4.67. The number of hydrogen-bond donors (Lipinski definition) is 0. The second-order valence-corrected chi connectivity index (χ2v) is 5.50. The molecule has 0 unspecified atom stereocenters. The number of rotatable bonds is 5. The van der Waals surface area contributed by atoms with Gasteiger partial charge in [-0.15, -0.1) is 0 Å². The molecular formula is C21H20N4. The Morgan fingerprint density at radius 2 is 2.08 bits per heavy atom. The summed E-state index contributed by atoms with van der Waals surface area (Å²) in [6, 6.07) is 12.2. The van der Waals surface area contributed by atoms with Gasteiger partial charge in [0.25, 0.3) is 0 Å². The summed E-state index contributed by atoms with van der Waals surface area (Å²) in [4.78, 5) is 8.75. The number of hydrogen-bond acceptors (Lipinski definition) is 2. The second-order valence-electron chi connectivity index (χ2n) is 5.50. The number of allylic oxidation sites excluding steroid dienone is 3. The van der Waals surface area contributed by atoms with Crippen LogP contribution >= 0.6 is 0 Å². The smallest absolute Gasteiger partial charge is 0.154 e. The van der Waals surface area contributed by atoms with E-state index in [2.05, 4.69) is 40.5 Å². The van der Waals surface area contributed by atoms with Gasteiger partial charge >= 0.3 is 0 Å². The van der Waals surface area contributed by atoms with Gasteiger partial charge in [-0.3, -0.25) is 4.99 Å². The predicted molar refractivity (Wildman–Crippen MR) is 106 cm³/mol. The molecule has 0 aliphatic rings. The summed E-state index contributed by atoms with van der Waals surface area (Å²) in [6.07, 6.45) is 9.45. The average Bonchev–Trinajstić information content (AvgIpc) is 3.02. The van der Waals surface area contributed by atoms with Crippen molar-refractivity contribution in [3.63, 3.8) is 0 Å². The van der Waals surface area contributed by atoms with E-state index in [4.69, 9.17) is 0 Å². The molecule has 0 saturated heterocycles. The number of fused-ring (bicyclic) bond motifs is 3. The molecule has 0 spiro atoms. The van der Waals surface area contributed by atoms with Crippen LogP contribution in [0, 0.1) is 0 Å². The number of amidine groups is 1. The fourth-order valence-corrected chi connectivity index (χ4v) is 2.83. The molecule has 0 saturated carbocycles. The van der Waals surface area contributed by atoms with E-state index in [0.29, 0.717) is 12.4 Å². The van der Waals surface area contributed by atoms with Crippen molar-refractivity contribution in [2.24, 2.45) is 9.98 Å². The van der Waals surface area contributed by atoms with E-state index >= 15 is 0 Å². The highest BCUT2D eigenvalue weighted by molar-refractivity contribution is 6.03. The van der Waals surface area contributed by atoms with E-state index in [9.17, 15) is 0 Å². The van der Waals surface area contributed by atoms with Crippen molar-refractivity contribution in [1.82, 2.24) is 9.61 Å². The molecule has 0 aliphatic heterocycles. The standard InChI is InChI=1S/C21H20N4/c1-4-9-16(10-5-2)21(22-3)23-15-17-11-8-14-25-20(17)18-12-6-7-13-19(18)24-25/h4-14H,1,3,15H2,2H3/b10-5-,16-9+,23-21?. The highest BCUT2D eigenvalue weighted by atomic mass is 15.2. The Kier molecular flexibility index (Phi) is 5.00. The topological polar surface area (TPSA) is 42.0 Å². The Morgan fingerprint density at radius 3 is 2.84 bits per heavy atom. The maximum Gasteiger partial charge on any atom is 0.154 e. The molecule has 25 heavy (non-hydrogen) atoms. The van der Waals surface area contributed by atoms with Crippen LogP contribution in [-0.2, 0) is 6.54 Å². The number of aromatic nitrogens is 2. The van der Waals surface area contributed by atoms with Gasteiger partial charge in [-0.25, -0.2) is 9.51 Å². The SMILES string of the molecule is C=C/C=C(\C=C/C)C(N=C)=NCc1cccn2nc3ccccc3c12. The van der Waals surface area contributed by atoms with E-state index < -0.39 is 0 Å². The predicted octanol–water partition coefficient (Wildman–Crippen LogP) is 4.78. The zero-order valence-electron chi connectivity index (χ0n) is 14.3. The van der Waals surface area contributed by atoms with Gasteiger partial charge in [0.05, 0.1) is 17.6 Å². The van der Waals surface area contributed by atoms with Gasteiger partial charge in [-0.1, -0.05) is 55.1 Å². The minimum Gasteiger partial charge on any atom is -0.261 e. The summed E-state index contributed by atoms with van der Waals surface area (Å²) in [5.74, 6) is 0.601. The van der Waals surface area contributed by atoms with Crippen molar-refractivity contribution in [3.8, 4) is 0 Å². The third-order valence-corrected chi connectivity index (χ3v) is 3.88.